The van der Waals surface area contributed by atoms with Gasteiger partial charge in [-0.05, 0) is 6.42 Å². The van der Waals surface area contributed by atoms with E-state index in [4.69, 9.17) is 15.5 Å². The summed E-state index contributed by atoms with van der Waals surface area (Å²) in [7, 11) is -4.64. The van der Waals surface area contributed by atoms with Crippen molar-refractivity contribution in [2.75, 3.05) is 12.3 Å². The van der Waals surface area contributed by atoms with Gasteiger partial charge in [0.25, 0.3) is 0 Å². The van der Waals surface area contributed by atoms with Gasteiger partial charge in [-0.2, -0.15) is 0 Å². The molecule has 23 heavy (non-hydrogen) atoms. The quantitative estimate of drug-likeness (QED) is 0.423. The van der Waals surface area contributed by atoms with Crippen LogP contribution in [0.1, 0.15) is 12.5 Å². The molecule has 1 saturated carbocycles. The molecule has 0 unspecified atom stereocenters. The van der Waals surface area contributed by atoms with E-state index in [1.165, 1.54) is 12.7 Å². The summed E-state index contributed by atoms with van der Waals surface area (Å²) in [4.78, 5) is 29.5. The van der Waals surface area contributed by atoms with E-state index >= 15 is 0 Å². The first-order valence-corrected chi connectivity index (χ1v) is 8.30. The predicted octanol–water partition coefficient (Wildman–Crippen LogP) is -1.20. The third kappa shape index (κ3) is 3.07. The number of phosphoric acid groups is 1. The number of hydrogen-bond acceptors (Lipinski definition) is 8. The van der Waals surface area contributed by atoms with Crippen LogP contribution < -0.4 is 5.73 Å². The molecule has 126 valence electrons. The second kappa shape index (κ2) is 5.78. The van der Waals surface area contributed by atoms with Crippen LogP contribution in [0.5, 0.6) is 0 Å². The summed E-state index contributed by atoms with van der Waals surface area (Å²) in [6.45, 7) is -0.372. The molecular formula is C11H16N5O6P. The molecule has 2 aromatic heterocycles. The second-order valence-corrected chi connectivity index (χ2v) is 6.65. The molecule has 12 heteroatoms. The van der Waals surface area contributed by atoms with Gasteiger partial charge in [-0.1, -0.05) is 0 Å². The molecular weight excluding hydrogens is 329 g/mol. The average Bonchev–Trinajstić information content (AvgIpc) is 3.01. The highest BCUT2D eigenvalue weighted by molar-refractivity contribution is 7.46. The molecule has 0 saturated heterocycles. The minimum absolute atomic E-state index is 0.197. The van der Waals surface area contributed by atoms with Crippen LogP contribution >= 0.6 is 7.82 Å². The fraction of sp³-hybridized carbons (Fsp3) is 0.545. The zero-order chi connectivity index (χ0) is 16.8. The van der Waals surface area contributed by atoms with Gasteiger partial charge in [-0.25, -0.2) is 19.5 Å². The predicted molar refractivity (Wildman–Crippen MR) is 76.9 cm³/mol. The van der Waals surface area contributed by atoms with Gasteiger partial charge in [-0.15, -0.1) is 0 Å². The van der Waals surface area contributed by atoms with Crippen LogP contribution in [-0.4, -0.2) is 58.3 Å². The Morgan fingerprint density at radius 2 is 2.04 bits per heavy atom. The summed E-state index contributed by atoms with van der Waals surface area (Å²) in [5.41, 5.74) is 6.49. The van der Waals surface area contributed by atoms with Gasteiger partial charge >= 0.3 is 7.82 Å². The molecule has 2 aromatic rings. The van der Waals surface area contributed by atoms with Crippen molar-refractivity contribution in [3.63, 3.8) is 0 Å². The topological polar surface area (TPSA) is 177 Å². The zero-order valence-corrected chi connectivity index (χ0v) is 12.7. The Labute approximate surface area is 130 Å². The van der Waals surface area contributed by atoms with Gasteiger partial charge in [0.05, 0.1) is 25.1 Å². The standard InChI is InChI=1S/C11H16N5O6P/c12-10-7-11(14-3-13-10)16(4-15-7)6-1-5(8(17)9(6)18)2-22-23(19,20)21/h3-6,8-9,17-18H,1-2H2,(H2,12,13,14)(H2,19,20,21)/t5-,6-,8-,9+/m1/s1. The Bertz CT molecular complexity index is 762. The lowest BCUT2D eigenvalue weighted by Crippen LogP contribution is -2.30. The van der Waals surface area contributed by atoms with Crippen LogP contribution in [0.25, 0.3) is 11.2 Å². The number of phosphoric ester groups is 1. The van der Waals surface area contributed by atoms with Gasteiger partial charge in [0.2, 0.25) is 0 Å². The van der Waals surface area contributed by atoms with Crippen molar-refractivity contribution < 1.29 is 29.1 Å². The Morgan fingerprint density at radius 1 is 1.30 bits per heavy atom. The zero-order valence-electron chi connectivity index (χ0n) is 11.8. The van der Waals surface area contributed by atoms with Gasteiger partial charge in [-0.3, -0.25) is 4.52 Å². The molecule has 1 aliphatic carbocycles. The number of aliphatic hydroxyl groups is 2. The summed E-state index contributed by atoms with van der Waals surface area (Å²) < 4.78 is 16.8. The number of nitrogen functional groups attached to an aromatic ring is 1. The highest BCUT2D eigenvalue weighted by Crippen LogP contribution is 2.41. The first kappa shape index (κ1) is 16.2. The number of nitrogens with two attached hydrogens (primary N) is 1. The number of rotatable bonds is 4. The average molecular weight is 345 g/mol. The van der Waals surface area contributed by atoms with Crippen molar-refractivity contribution in [3.8, 4) is 0 Å². The minimum Gasteiger partial charge on any atom is -0.390 e. The van der Waals surface area contributed by atoms with Crippen molar-refractivity contribution in [1.29, 1.82) is 0 Å². The van der Waals surface area contributed by atoms with Crippen molar-refractivity contribution in [1.82, 2.24) is 19.5 Å². The molecule has 2 heterocycles. The van der Waals surface area contributed by atoms with Crippen molar-refractivity contribution >= 4 is 24.8 Å². The maximum absolute atomic E-state index is 10.8. The SMILES string of the molecule is Nc1ncnc2c1ncn2[C@@H]1C[C@H](COP(=O)(O)O)[C@@H](O)[C@H]1O. The van der Waals surface area contributed by atoms with Crippen molar-refractivity contribution in [2.45, 2.75) is 24.7 Å². The molecule has 4 atom stereocenters. The van der Waals surface area contributed by atoms with E-state index in [0.29, 0.717) is 11.2 Å². The molecule has 0 bridgehead atoms. The number of aliphatic hydroxyl groups excluding tert-OH is 2. The van der Waals surface area contributed by atoms with E-state index in [1.807, 2.05) is 0 Å². The number of aromatic nitrogens is 4. The first-order valence-electron chi connectivity index (χ1n) is 6.77. The summed E-state index contributed by atoms with van der Waals surface area (Å²) in [5, 5.41) is 20.3. The number of nitrogens with zero attached hydrogens (tertiary/aromatic N) is 4. The molecule has 6 N–H and O–H groups in total. The van der Waals surface area contributed by atoms with Crippen molar-refractivity contribution in [2.24, 2.45) is 5.92 Å². The minimum atomic E-state index is -4.64. The Kier molecular flexibility index (Phi) is 4.08. The van der Waals surface area contributed by atoms with Crippen LogP contribution in [0.2, 0.25) is 0 Å². The Morgan fingerprint density at radius 3 is 2.74 bits per heavy atom. The van der Waals surface area contributed by atoms with Gasteiger partial charge in [0, 0.05) is 5.92 Å². The van der Waals surface area contributed by atoms with Crippen LogP contribution in [0, 0.1) is 5.92 Å². The van der Waals surface area contributed by atoms with Gasteiger partial charge in [0.15, 0.2) is 11.5 Å². The largest absolute Gasteiger partial charge is 0.469 e. The number of anilines is 1. The lowest BCUT2D eigenvalue weighted by atomic mass is 10.1. The molecule has 0 amide bonds. The Balaban J connectivity index is 1.85. The Hall–Kier alpha value is -1.62. The lowest BCUT2D eigenvalue weighted by molar-refractivity contribution is -0.00374. The van der Waals surface area contributed by atoms with Crippen LogP contribution in [0.3, 0.4) is 0 Å². The van der Waals surface area contributed by atoms with E-state index in [9.17, 15) is 14.8 Å². The van der Waals surface area contributed by atoms with E-state index in [2.05, 4.69) is 19.5 Å². The molecule has 0 radical (unpaired) electrons. The van der Waals surface area contributed by atoms with E-state index in [0.717, 1.165) is 0 Å². The van der Waals surface area contributed by atoms with Crippen LogP contribution in [0.15, 0.2) is 12.7 Å². The third-order valence-electron chi connectivity index (χ3n) is 3.97. The molecule has 0 spiro atoms. The number of fused-ring (bicyclic) bond motifs is 1. The molecule has 1 fully saturated rings. The lowest BCUT2D eigenvalue weighted by Gasteiger charge is -2.18. The number of hydrogen-bond donors (Lipinski definition) is 5. The van der Waals surface area contributed by atoms with Crippen LogP contribution in [0.4, 0.5) is 5.82 Å². The number of imidazole rings is 1. The molecule has 3 rings (SSSR count). The first-order chi connectivity index (χ1) is 10.8. The maximum atomic E-state index is 10.8. The van der Waals surface area contributed by atoms with E-state index < -0.39 is 32.0 Å². The molecule has 0 aliphatic heterocycles. The van der Waals surface area contributed by atoms with Gasteiger partial charge < -0.3 is 30.3 Å². The smallest absolute Gasteiger partial charge is 0.390 e. The summed E-state index contributed by atoms with van der Waals surface area (Å²) >= 11 is 0. The van der Waals surface area contributed by atoms with E-state index in [-0.39, 0.29) is 18.8 Å². The highest BCUT2D eigenvalue weighted by atomic mass is 31.2. The summed E-state index contributed by atoms with van der Waals surface area (Å²) in [5.74, 6) is -0.442. The fourth-order valence-electron chi connectivity index (χ4n) is 2.85. The normalized spacial score (nSPS) is 28.5. The van der Waals surface area contributed by atoms with E-state index in [1.54, 1.807) is 4.57 Å². The fourth-order valence-corrected chi connectivity index (χ4v) is 3.23. The molecule has 11 nitrogen and oxygen atoms in total. The van der Waals surface area contributed by atoms with Crippen LogP contribution in [-0.2, 0) is 9.09 Å². The third-order valence-corrected chi connectivity index (χ3v) is 4.46. The highest BCUT2D eigenvalue weighted by Gasteiger charge is 2.43. The monoisotopic (exact) mass is 345 g/mol. The van der Waals surface area contributed by atoms with Gasteiger partial charge in [0.1, 0.15) is 17.9 Å². The summed E-state index contributed by atoms with van der Waals surface area (Å²) in [6.07, 6.45) is 0.583. The molecule has 1 aliphatic rings. The van der Waals surface area contributed by atoms with Crippen molar-refractivity contribution in [3.05, 3.63) is 12.7 Å². The molecule has 0 aromatic carbocycles. The summed E-state index contributed by atoms with van der Waals surface area (Å²) in [6, 6.07) is -0.574. The maximum Gasteiger partial charge on any atom is 0.469 e. The second-order valence-electron chi connectivity index (χ2n) is 5.41.